The van der Waals surface area contributed by atoms with Gasteiger partial charge in [-0.2, -0.15) is 13.2 Å². The first-order valence-corrected chi connectivity index (χ1v) is 13.4. The van der Waals surface area contributed by atoms with Gasteiger partial charge in [-0.1, -0.05) is 6.92 Å². The normalized spacial score (nSPS) is 17.2. The van der Waals surface area contributed by atoms with Crippen LogP contribution in [0, 0.1) is 11.8 Å². The van der Waals surface area contributed by atoms with Gasteiger partial charge < -0.3 is 19.5 Å². The predicted molar refractivity (Wildman–Crippen MR) is 145 cm³/mol. The molecular formula is C30H32F3N3O5. The number of benzene rings is 1. The lowest BCUT2D eigenvalue weighted by Crippen LogP contribution is -2.42. The van der Waals surface area contributed by atoms with Crippen molar-refractivity contribution in [3.63, 3.8) is 0 Å². The number of carboxylic acids is 1. The van der Waals surface area contributed by atoms with Gasteiger partial charge in [0.25, 0.3) is 0 Å². The van der Waals surface area contributed by atoms with Gasteiger partial charge in [-0.05, 0) is 81.8 Å². The summed E-state index contributed by atoms with van der Waals surface area (Å²) in [5.74, 6) is -1.69. The monoisotopic (exact) mass is 571 g/mol. The summed E-state index contributed by atoms with van der Waals surface area (Å²) in [6, 6.07) is 7.64. The summed E-state index contributed by atoms with van der Waals surface area (Å²) in [4.78, 5) is 34.9. The fourth-order valence-electron chi connectivity index (χ4n) is 4.88. The number of carboxylic acid groups (broad SMARTS) is 1. The number of hydrogen-bond acceptors (Lipinski definition) is 6. The highest BCUT2D eigenvalue weighted by Crippen LogP contribution is 2.39. The van der Waals surface area contributed by atoms with Crippen molar-refractivity contribution >= 4 is 17.6 Å². The maximum absolute atomic E-state index is 13.9. The van der Waals surface area contributed by atoms with Crippen molar-refractivity contribution in [2.24, 2.45) is 11.8 Å². The zero-order chi connectivity index (χ0) is 29.7. The van der Waals surface area contributed by atoms with Crippen molar-refractivity contribution in [2.75, 3.05) is 4.90 Å². The smallest absolute Gasteiger partial charge is 0.421 e. The maximum atomic E-state index is 13.9. The molecule has 1 aromatic carbocycles. The first-order valence-electron chi connectivity index (χ1n) is 13.4. The van der Waals surface area contributed by atoms with Gasteiger partial charge in [-0.15, -0.1) is 0 Å². The van der Waals surface area contributed by atoms with Gasteiger partial charge in [-0.25, -0.2) is 9.78 Å². The van der Waals surface area contributed by atoms with Crippen molar-refractivity contribution in [2.45, 2.75) is 65.3 Å². The number of anilines is 1. The van der Waals surface area contributed by atoms with Crippen molar-refractivity contribution in [1.82, 2.24) is 9.97 Å². The number of carbonyl (C=O) groups excluding carboxylic acids is 1. The topological polar surface area (TPSA) is 102 Å². The number of ether oxygens (including phenoxy) is 2. The van der Waals surface area contributed by atoms with E-state index in [1.807, 2.05) is 0 Å². The molecular weight excluding hydrogens is 539 g/mol. The Balaban J connectivity index is 1.61. The molecule has 41 heavy (non-hydrogen) atoms. The maximum Gasteiger partial charge on any atom is 0.421 e. The minimum Gasteiger partial charge on any atom is -0.487 e. The summed E-state index contributed by atoms with van der Waals surface area (Å²) in [7, 11) is 0. The van der Waals surface area contributed by atoms with E-state index < -0.39 is 23.6 Å². The van der Waals surface area contributed by atoms with Crippen LogP contribution >= 0.6 is 0 Å². The highest BCUT2D eigenvalue weighted by atomic mass is 19.4. The fourth-order valence-corrected chi connectivity index (χ4v) is 4.88. The van der Waals surface area contributed by atoms with Crippen molar-refractivity contribution < 1.29 is 37.3 Å². The molecule has 0 spiro atoms. The molecule has 0 unspecified atom stereocenters. The minimum absolute atomic E-state index is 0.151. The van der Waals surface area contributed by atoms with Crippen LogP contribution in [0.2, 0.25) is 0 Å². The highest BCUT2D eigenvalue weighted by Gasteiger charge is 2.37. The molecule has 8 nitrogen and oxygen atoms in total. The molecule has 1 aliphatic carbocycles. The van der Waals surface area contributed by atoms with Crippen LogP contribution in [0.1, 0.15) is 67.9 Å². The number of hydrogen-bond donors (Lipinski definition) is 1. The summed E-state index contributed by atoms with van der Waals surface area (Å²) in [6.07, 6.45) is 2.65. The first-order chi connectivity index (χ1) is 19.4. The van der Waals surface area contributed by atoms with E-state index in [1.165, 1.54) is 29.4 Å². The third-order valence-electron chi connectivity index (χ3n) is 7.04. The van der Waals surface area contributed by atoms with Gasteiger partial charge in [0.1, 0.15) is 23.7 Å². The molecule has 0 atom stereocenters. The van der Waals surface area contributed by atoms with E-state index in [0.717, 1.165) is 37.8 Å². The largest absolute Gasteiger partial charge is 0.487 e. The van der Waals surface area contributed by atoms with E-state index >= 15 is 0 Å². The third kappa shape index (κ3) is 7.33. The first kappa shape index (κ1) is 29.8. The van der Waals surface area contributed by atoms with Crippen LogP contribution in [0.4, 0.5) is 18.9 Å². The van der Waals surface area contributed by atoms with Crippen LogP contribution in [-0.2, 0) is 17.6 Å². The Bertz CT molecular complexity index is 1370. The number of nitrogens with zero attached hydrogens (tertiary/aromatic N) is 3. The van der Waals surface area contributed by atoms with Crippen LogP contribution in [0.5, 0.6) is 17.4 Å². The molecule has 0 bridgehead atoms. The molecule has 2 heterocycles. The zero-order valence-corrected chi connectivity index (χ0v) is 23.0. The fraction of sp³-hybridized carbons (Fsp3) is 0.400. The van der Waals surface area contributed by atoms with Crippen LogP contribution in [0.3, 0.4) is 0 Å². The van der Waals surface area contributed by atoms with Crippen LogP contribution < -0.4 is 14.4 Å². The van der Waals surface area contributed by atoms with Crippen molar-refractivity contribution in [3.8, 4) is 17.4 Å². The standard InChI is InChI=1S/C30H32F3N3O5/c1-18(2)36(28(37)21-8-6-19(3)7-9-21)26-11-10-22(14-24(26)29(38)39)41-27-25(30(31,32)33)13-20(15-35-27)17-40-23-5-4-12-34-16-23/h4-5,10-16,18-19,21H,6-9,17H2,1-3H3,(H,38,39). The van der Waals surface area contributed by atoms with E-state index in [2.05, 4.69) is 16.9 Å². The number of rotatable bonds is 9. The van der Waals surface area contributed by atoms with E-state index in [9.17, 15) is 27.9 Å². The molecule has 3 aromatic rings. The number of amides is 1. The minimum atomic E-state index is -4.80. The SMILES string of the molecule is CC1CCC(C(=O)N(c2ccc(Oc3ncc(COc4cccnc4)cc3C(F)(F)F)cc2C(=O)O)C(C)C)CC1. The Morgan fingerprint density at radius 2 is 1.80 bits per heavy atom. The average molecular weight is 572 g/mol. The Kier molecular flexibility index (Phi) is 9.14. The second-order valence-corrected chi connectivity index (χ2v) is 10.5. The lowest BCUT2D eigenvalue weighted by atomic mass is 9.82. The molecule has 1 N–H and O–H groups in total. The molecule has 0 aliphatic heterocycles. The van der Waals surface area contributed by atoms with E-state index in [-0.39, 0.29) is 47.0 Å². The second kappa shape index (κ2) is 12.6. The number of alkyl halides is 3. The summed E-state index contributed by atoms with van der Waals surface area (Å²) >= 11 is 0. The zero-order valence-electron chi connectivity index (χ0n) is 23.0. The molecule has 2 aromatic heterocycles. The van der Waals surface area contributed by atoms with Crippen LogP contribution in [0.25, 0.3) is 0 Å². The second-order valence-electron chi connectivity index (χ2n) is 10.5. The molecule has 1 amide bonds. The van der Waals surface area contributed by atoms with Crippen LogP contribution in [0.15, 0.2) is 55.0 Å². The summed E-state index contributed by atoms with van der Waals surface area (Å²) < 4.78 is 52.8. The van der Waals surface area contributed by atoms with Crippen molar-refractivity contribution in [3.05, 3.63) is 71.7 Å². The summed E-state index contributed by atoms with van der Waals surface area (Å²) in [5, 5.41) is 9.98. The lowest BCUT2D eigenvalue weighted by Gasteiger charge is -2.34. The molecule has 4 rings (SSSR count). The molecule has 218 valence electrons. The Morgan fingerprint density at radius 3 is 2.41 bits per heavy atom. The van der Waals surface area contributed by atoms with Gasteiger partial charge in [0.15, 0.2) is 0 Å². The molecule has 11 heteroatoms. The van der Waals surface area contributed by atoms with Gasteiger partial charge in [0, 0.05) is 29.9 Å². The van der Waals surface area contributed by atoms with Crippen molar-refractivity contribution in [1.29, 1.82) is 0 Å². The Hall–Kier alpha value is -4.15. The number of halogens is 3. The summed E-state index contributed by atoms with van der Waals surface area (Å²) in [6.45, 7) is 5.54. The lowest BCUT2D eigenvalue weighted by molar-refractivity contribution is -0.139. The summed E-state index contributed by atoms with van der Waals surface area (Å²) in [5.41, 5.74) is -1.09. The predicted octanol–water partition coefficient (Wildman–Crippen LogP) is 7.13. The molecule has 1 fully saturated rings. The van der Waals surface area contributed by atoms with Crippen LogP contribution in [-0.4, -0.2) is 33.0 Å². The number of pyridine rings is 2. The van der Waals surface area contributed by atoms with E-state index in [0.29, 0.717) is 11.7 Å². The van der Waals surface area contributed by atoms with E-state index in [1.54, 1.807) is 32.2 Å². The van der Waals surface area contributed by atoms with Gasteiger partial charge in [0.2, 0.25) is 11.8 Å². The van der Waals surface area contributed by atoms with E-state index in [4.69, 9.17) is 9.47 Å². The number of carbonyl (C=O) groups is 2. The number of aromatic nitrogens is 2. The Labute approximate surface area is 236 Å². The highest BCUT2D eigenvalue weighted by molar-refractivity contribution is 6.03. The molecule has 1 saturated carbocycles. The molecule has 1 aliphatic rings. The average Bonchev–Trinajstić information content (AvgIpc) is 2.93. The molecule has 0 saturated heterocycles. The quantitative estimate of drug-likeness (QED) is 0.291. The Morgan fingerprint density at radius 1 is 1.07 bits per heavy atom. The van der Waals surface area contributed by atoms with Gasteiger partial charge in [0.05, 0.1) is 17.4 Å². The molecule has 0 radical (unpaired) electrons. The number of aromatic carboxylic acids is 1. The van der Waals surface area contributed by atoms with Gasteiger partial charge >= 0.3 is 12.1 Å². The van der Waals surface area contributed by atoms with Gasteiger partial charge in [-0.3, -0.25) is 9.78 Å². The third-order valence-corrected chi connectivity index (χ3v) is 7.04.